The summed E-state index contributed by atoms with van der Waals surface area (Å²) in [6.07, 6.45) is 5.09. The Morgan fingerprint density at radius 2 is 1.79 bits per heavy atom. The molecule has 8 heteroatoms. The van der Waals surface area contributed by atoms with Gasteiger partial charge < -0.3 is 10.2 Å². The molecule has 1 aromatic carbocycles. The molecular formula is C21H25N7O. The van der Waals surface area contributed by atoms with Crippen molar-refractivity contribution in [3.8, 4) is 5.69 Å². The van der Waals surface area contributed by atoms with Crippen LogP contribution in [-0.2, 0) is 0 Å². The highest BCUT2D eigenvalue weighted by Crippen LogP contribution is 2.24. The van der Waals surface area contributed by atoms with Gasteiger partial charge in [0.15, 0.2) is 0 Å². The van der Waals surface area contributed by atoms with E-state index in [1.54, 1.807) is 12.4 Å². The molecule has 1 saturated heterocycles. The Bertz CT molecular complexity index is 982. The molecule has 4 rings (SSSR count). The molecule has 0 unspecified atom stereocenters. The number of hydrogen-bond acceptors (Lipinski definition) is 6. The molecule has 0 radical (unpaired) electrons. The van der Waals surface area contributed by atoms with Crippen LogP contribution >= 0.6 is 0 Å². The number of aryl methyl sites for hydroxylation is 2. The summed E-state index contributed by atoms with van der Waals surface area (Å²) in [5.74, 6) is 0.605. The minimum Gasteiger partial charge on any atom is -0.349 e. The normalized spacial score (nSPS) is 19.2. The van der Waals surface area contributed by atoms with Crippen molar-refractivity contribution in [2.24, 2.45) is 0 Å². The standard InChI is InChI=1S/C21H25N7O/c1-14-13-15(2)25-21(24-14)26-18-8-6-12-27(16(18)3)20(29)17-7-4-5-9-19(17)28-22-10-11-23-28/h4-5,7,9-11,13,16,18H,6,8,12H2,1-3H3,(H,24,25,26)/t16-,18+/m0/s1. The van der Waals surface area contributed by atoms with Gasteiger partial charge in [-0.05, 0) is 51.8 Å². The Hall–Kier alpha value is -3.29. The number of rotatable bonds is 4. The fourth-order valence-electron chi connectivity index (χ4n) is 3.90. The zero-order valence-electron chi connectivity index (χ0n) is 16.9. The van der Waals surface area contributed by atoms with Gasteiger partial charge in [0.2, 0.25) is 5.95 Å². The van der Waals surface area contributed by atoms with E-state index in [-0.39, 0.29) is 18.0 Å². The van der Waals surface area contributed by atoms with E-state index in [9.17, 15) is 4.79 Å². The largest absolute Gasteiger partial charge is 0.349 e. The highest BCUT2D eigenvalue weighted by atomic mass is 16.2. The van der Waals surface area contributed by atoms with Gasteiger partial charge in [0.1, 0.15) is 0 Å². The summed E-state index contributed by atoms with van der Waals surface area (Å²) >= 11 is 0. The van der Waals surface area contributed by atoms with Crippen molar-refractivity contribution < 1.29 is 4.79 Å². The molecule has 0 aliphatic carbocycles. The molecule has 150 valence electrons. The van der Waals surface area contributed by atoms with Crippen LogP contribution in [0.1, 0.15) is 41.5 Å². The van der Waals surface area contributed by atoms with Gasteiger partial charge in [0.25, 0.3) is 5.91 Å². The van der Waals surface area contributed by atoms with E-state index in [0.717, 1.165) is 24.2 Å². The fraction of sp³-hybridized carbons (Fsp3) is 0.381. The van der Waals surface area contributed by atoms with E-state index in [1.807, 2.05) is 49.1 Å². The maximum Gasteiger partial charge on any atom is 0.256 e. The molecule has 1 aliphatic rings. The minimum atomic E-state index is -0.0155. The van der Waals surface area contributed by atoms with Crippen LogP contribution in [0.15, 0.2) is 42.7 Å². The number of hydrogen-bond donors (Lipinski definition) is 1. The second-order valence-electron chi connectivity index (χ2n) is 7.44. The van der Waals surface area contributed by atoms with Crippen molar-refractivity contribution in [1.29, 1.82) is 0 Å². The van der Waals surface area contributed by atoms with E-state index >= 15 is 0 Å². The molecule has 3 heterocycles. The summed E-state index contributed by atoms with van der Waals surface area (Å²) in [4.78, 5) is 25.8. The summed E-state index contributed by atoms with van der Waals surface area (Å²) in [5, 5.41) is 11.8. The number of carbonyl (C=O) groups excluding carboxylic acids is 1. The van der Waals surface area contributed by atoms with E-state index in [1.165, 1.54) is 4.80 Å². The van der Waals surface area contributed by atoms with Gasteiger partial charge in [-0.3, -0.25) is 4.79 Å². The number of piperidine rings is 1. The van der Waals surface area contributed by atoms with Crippen LogP contribution in [0.3, 0.4) is 0 Å². The van der Waals surface area contributed by atoms with Gasteiger partial charge in [-0.2, -0.15) is 15.0 Å². The number of carbonyl (C=O) groups is 1. The zero-order chi connectivity index (χ0) is 20.4. The number of amides is 1. The number of nitrogens with one attached hydrogen (secondary N) is 1. The summed E-state index contributed by atoms with van der Waals surface area (Å²) in [6, 6.07) is 9.48. The Balaban J connectivity index is 1.57. The predicted molar refractivity (Wildman–Crippen MR) is 110 cm³/mol. The molecule has 1 fully saturated rings. The van der Waals surface area contributed by atoms with Crippen molar-refractivity contribution in [2.45, 2.75) is 45.7 Å². The third-order valence-corrected chi connectivity index (χ3v) is 5.31. The number of para-hydroxylation sites is 1. The van der Waals surface area contributed by atoms with Crippen LogP contribution in [0, 0.1) is 13.8 Å². The smallest absolute Gasteiger partial charge is 0.256 e. The maximum atomic E-state index is 13.4. The number of benzene rings is 1. The van der Waals surface area contributed by atoms with Crippen molar-refractivity contribution in [1.82, 2.24) is 29.9 Å². The topological polar surface area (TPSA) is 88.8 Å². The van der Waals surface area contributed by atoms with Crippen LogP contribution in [0.4, 0.5) is 5.95 Å². The fourth-order valence-corrected chi connectivity index (χ4v) is 3.90. The first kappa shape index (κ1) is 19.0. The highest BCUT2D eigenvalue weighted by molar-refractivity contribution is 5.98. The van der Waals surface area contributed by atoms with Gasteiger partial charge >= 0.3 is 0 Å². The van der Waals surface area contributed by atoms with Gasteiger partial charge in [0.05, 0.1) is 23.6 Å². The summed E-state index contributed by atoms with van der Waals surface area (Å²) in [5.41, 5.74) is 3.13. The lowest BCUT2D eigenvalue weighted by atomic mass is 9.96. The SMILES string of the molecule is Cc1cc(C)nc(N[C@@H]2CCCN(C(=O)c3ccccc3-n3nccn3)[C@H]2C)n1. The Morgan fingerprint density at radius 1 is 1.10 bits per heavy atom. The molecule has 1 aliphatic heterocycles. The highest BCUT2D eigenvalue weighted by Gasteiger charge is 2.33. The lowest BCUT2D eigenvalue weighted by Crippen LogP contribution is -2.52. The number of likely N-dealkylation sites (tertiary alicyclic amines) is 1. The van der Waals surface area contributed by atoms with Crippen LogP contribution in [0.2, 0.25) is 0 Å². The van der Waals surface area contributed by atoms with Gasteiger partial charge in [-0.1, -0.05) is 12.1 Å². The van der Waals surface area contributed by atoms with Gasteiger partial charge in [-0.25, -0.2) is 9.97 Å². The molecule has 2 aromatic heterocycles. The number of anilines is 1. The average Bonchev–Trinajstić information content (AvgIpc) is 3.23. The molecular weight excluding hydrogens is 366 g/mol. The third kappa shape index (κ3) is 3.96. The van der Waals surface area contributed by atoms with Gasteiger partial charge in [0, 0.05) is 30.0 Å². The number of nitrogens with zero attached hydrogens (tertiary/aromatic N) is 6. The molecule has 0 saturated carbocycles. The second kappa shape index (κ2) is 7.98. The maximum absolute atomic E-state index is 13.4. The van der Waals surface area contributed by atoms with Crippen molar-refractivity contribution in [2.75, 3.05) is 11.9 Å². The van der Waals surface area contributed by atoms with E-state index < -0.39 is 0 Å². The second-order valence-corrected chi connectivity index (χ2v) is 7.44. The molecule has 8 nitrogen and oxygen atoms in total. The lowest BCUT2D eigenvalue weighted by molar-refractivity contribution is 0.0616. The van der Waals surface area contributed by atoms with Crippen LogP contribution in [-0.4, -0.2) is 54.4 Å². The molecule has 1 N–H and O–H groups in total. The van der Waals surface area contributed by atoms with E-state index in [4.69, 9.17) is 0 Å². The van der Waals surface area contributed by atoms with Crippen LogP contribution in [0.25, 0.3) is 5.69 Å². The number of aromatic nitrogens is 5. The summed E-state index contributed by atoms with van der Waals surface area (Å²) < 4.78 is 0. The molecule has 29 heavy (non-hydrogen) atoms. The minimum absolute atomic E-state index is 0.000643. The molecule has 2 atom stereocenters. The quantitative estimate of drug-likeness (QED) is 0.736. The first-order chi connectivity index (χ1) is 14.0. The summed E-state index contributed by atoms with van der Waals surface area (Å²) in [6.45, 7) is 6.71. The van der Waals surface area contributed by atoms with Crippen LogP contribution in [0.5, 0.6) is 0 Å². The summed E-state index contributed by atoms with van der Waals surface area (Å²) in [7, 11) is 0. The van der Waals surface area contributed by atoms with Crippen molar-refractivity contribution in [3.05, 3.63) is 59.7 Å². The molecule has 0 bridgehead atoms. The predicted octanol–water partition coefficient (Wildman–Crippen LogP) is 2.78. The monoisotopic (exact) mass is 391 g/mol. The lowest BCUT2D eigenvalue weighted by Gasteiger charge is -2.40. The van der Waals surface area contributed by atoms with Crippen LogP contribution < -0.4 is 5.32 Å². The Labute approximate surface area is 170 Å². The molecule has 1 amide bonds. The van der Waals surface area contributed by atoms with Crippen molar-refractivity contribution >= 4 is 11.9 Å². The van der Waals surface area contributed by atoms with Crippen molar-refractivity contribution in [3.63, 3.8) is 0 Å². The Morgan fingerprint density at radius 3 is 2.52 bits per heavy atom. The average molecular weight is 391 g/mol. The van der Waals surface area contributed by atoms with Gasteiger partial charge in [-0.15, -0.1) is 0 Å². The van der Waals surface area contributed by atoms with E-state index in [2.05, 4.69) is 32.4 Å². The molecule has 0 spiro atoms. The third-order valence-electron chi connectivity index (χ3n) is 5.31. The Kier molecular flexibility index (Phi) is 5.24. The van der Waals surface area contributed by atoms with E-state index in [0.29, 0.717) is 23.7 Å². The first-order valence-corrected chi connectivity index (χ1v) is 9.88. The zero-order valence-corrected chi connectivity index (χ0v) is 16.9. The first-order valence-electron chi connectivity index (χ1n) is 9.88. The molecule has 3 aromatic rings.